The molecule has 0 aliphatic heterocycles. The van der Waals surface area contributed by atoms with Crippen LogP contribution in [0.2, 0.25) is 0 Å². The summed E-state index contributed by atoms with van der Waals surface area (Å²) in [5.74, 6) is -0.518. The molecule has 0 atom stereocenters. The van der Waals surface area contributed by atoms with E-state index in [2.05, 4.69) is 4.98 Å². The van der Waals surface area contributed by atoms with Crippen LogP contribution < -0.4 is 0 Å². The van der Waals surface area contributed by atoms with E-state index in [9.17, 15) is 9.59 Å². The van der Waals surface area contributed by atoms with E-state index in [1.165, 1.54) is 11.7 Å². The fraction of sp³-hybridized carbons (Fsp3) is 0.300. The van der Waals surface area contributed by atoms with Gasteiger partial charge in [0.1, 0.15) is 23.8 Å². The van der Waals surface area contributed by atoms with Crippen molar-refractivity contribution in [2.45, 2.75) is 6.61 Å². The minimum atomic E-state index is -0.396. The number of hydrogen-bond acceptors (Lipinski definition) is 5. The maximum absolute atomic E-state index is 11.9. The molecule has 0 saturated heterocycles. The number of aliphatic hydroxyl groups excluding tert-OH is 1. The van der Waals surface area contributed by atoms with Crippen LogP contribution in [0.4, 0.5) is 0 Å². The minimum absolute atomic E-state index is 0.00927. The maximum Gasteiger partial charge on any atom is 0.246 e. The van der Waals surface area contributed by atoms with Crippen molar-refractivity contribution in [1.82, 2.24) is 9.55 Å². The van der Waals surface area contributed by atoms with Crippen molar-refractivity contribution in [2.75, 3.05) is 7.11 Å². The molecule has 1 N–H and O–H groups in total. The van der Waals surface area contributed by atoms with E-state index in [-0.39, 0.29) is 35.4 Å². The second-order valence-corrected chi connectivity index (χ2v) is 3.35. The molecule has 0 fully saturated rings. The topological polar surface area (TPSA) is 81.4 Å². The standard InChI is InChI=1S/C10H10N2O4/c1-12-7(4-13)11-8-5(14)3-6(16-2)10(15)9(8)12/h3,13H,4H2,1-2H3. The molecular formula is C10H10N2O4. The van der Waals surface area contributed by atoms with Crippen LogP contribution >= 0.6 is 0 Å². The number of ether oxygens (including phenoxy) is 1. The highest BCUT2D eigenvalue weighted by Gasteiger charge is 2.32. The van der Waals surface area contributed by atoms with Gasteiger partial charge in [-0.05, 0) is 0 Å². The number of rotatable bonds is 2. The number of imidazole rings is 1. The first kappa shape index (κ1) is 10.6. The summed E-state index contributed by atoms with van der Waals surface area (Å²) in [4.78, 5) is 27.4. The third kappa shape index (κ3) is 1.27. The zero-order valence-electron chi connectivity index (χ0n) is 8.85. The summed E-state index contributed by atoms with van der Waals surface area (Å²) < 4.78 is 6.22. The van der Waals surface area contributed by atoms with E-state index in [1.807, 2.05) is 0 Å². The Morgan fingerprint density at radius 1 is 1.50 bits per heavy atom. The summed E-state index contributed by atoms with van der Waals surface area (Å²) in [6.07, 6.45) is 1.11. The number of carbonyl (C=O) groups is 2. The number of hydrogen-bond donors (Lipinski definition) is 1. The summed E-state index contributed by atoms with van der Waals surface area (Å²) in [7, 11) is 2.90. The largest absolute Gasteiger partial charge is 0.492 e. The molecular weight excluding hydrogens is 212 g/mol. The molecule has 0 radical (unpaired) electrons. The molecule has 0 bridgehead atoms. The number of nitrogens with zero attached hydrogens (tertiary/aromatic N) is 2. The molecule has 2 rings (SSSR count). The van der Waals surface area contributed by atoms with Gasteiger partial charge < -0.3 is 14.4 Å². The average Bonchev–Trinajstić information content (AvgIpc) is 2.61. The van der Waals surface area contributed by atoms with Crippen LogP contribution in [0, 0.1) is 0 Å². The Hall–Kier alpha value is -1.95. The van der Waals surface area contributed by atoms with Crippen LogP contribution in [0.25, 0.3) is 0 Å². The van der Waals surface area contributed by atoms with Crippen molar-refractivity contribution < 1.29 is 19.4 Å². The van der Waals surface area contributed by atoms with Crippen LogP contribution in [0.3, 0.4) is 0 Å². The van der Waals surface area contributed by atoms with E-state index >= 15 is 0 Å². The molecule has 16 heavy (non-hydrogen) atoms. The van der Waals surface area contributed by atoms with Crippen LogP contribution in [0.15, 0.2) is 11.8 Å². The molecule has 1 aliphatic rings. The summed E-state index contributed by atoms with van der Waals surface area (Å²) in [5, 5.41) is 9.01. The smallest absolute Gasteiger partial charge is 0.246 e. The van der Waals surface area contributed by atoms with Crippen molar-refractivity contribution >= 4 is 11.6 Å². The summed E-state index contributed by atoms with van der Waals surface area (Å²) in [5.41, 5.74) is 0.228. The Labute approximate surface area is 91.2 Å². The van der Waals surface area contributed by atoms with Gasteiger partial charge in [0.2, 0.25) is 11.6 Å². The Kier molecular flexibility index (Phi) is 2.35. The summed E-state index contributed by atoms with van der Waals surface area (Å²) in [6, 6.07) is 0. The fourth-order valence-electron chi connectivity index (χ4n) is 1.64. The van der Waals surface area contributed by atoms with Gasteiger partial charge in [0, 0.05) is 13.1 Å². The number of aromatic nitrogens is 2. The van der Waals surface area contributed by atoms with Crippen LogP contribution in [0.5, 0.6) is 0 Å². The highest BCUT2D eigenvalue weighted by Crippen LogP contribution is 2.21. The highest BCUT2D eigenvalue weighted by molar-refractivity contribution is 6.22. The predicted octanol–water partition coefficient (Wildman–Crippen LogP) is -0.178. The first-order valence-corrected chi connectivity index (χ1v) is 4.61. The number of carbonyl (C=O) groups excluding carboxylic acids is 2. The lowest BCUT2D eigenvalue weighted by molar-refractivity contribution is 0.0908. The number of ketones is 2. The van der Waals surface area contributed by atoms with Gasteiger partial charge in [0.25, 0.3) is 0 Å². The third-order valence-corrected chi connectivity index (χ3v) is 2.48. The van der Waals surface area contributed by atoms with Crippen molar-refractivity contribution in [3.63, 3.8) is 0 Å². The van der Waals surface area contributed by atoms with Crippen LogP contribution in [0.1, 0.15) is 26.8 Å². The molecule has 0 amide bonds. The zero-order valence-corrected chi connectivity index (χ0v) is 8.85. The van der Waals surface area contributed by atoms with E-state index in [0.29, 0.717) is 0 Å². The van der Waals surface area contributed by atoms with Crippen molar-refractivity contribution in [3.05, 3.63) is 29.0 Å². The maximum atomic E-state index is 11.9. The second-order valence-electron chi connectivity index (χ2n) is 3.35. The van der Waals surface area contributed by atoms with Crippen molar-refractivity contribution in [3.8, 4) is 0 Å². The first-order chi connectivity index (χ1) is 7.60. The van der Waals surface area contributed by atoms with Crippen LogP contribution in [-0.4, -0.2) is 33.3 Å². The highest BCUT2D eigenvalue weighted by atomic mass is 16.5. The first-order valence-electron chi connectivity index (χ1n) is 4.61. The van der Waals surface area contributed by atoms with E-state index in [1.54, 1.807) is 7.05 Å². The van der Waals surface area contributed by atoms with Gasteiger partial charge in [-0.1, -0.05) is 0 Å². The quantitative estimate of drug-likeness (QED) is 0.750. The monoisotopic (exact) mass is 222 g/mol. The molecule has 0 spiro atoms. The molecule has 0 unspecified atom stereocenters. The Morgan fingerprint density at radius 3 is 2.75 bits per heavy atom. The lowest BCUT2D eigenvalue weighted by Gasteiger charge is -2.11. The van der Waals surface area contributed by atoms with Gasteiger partial charge in [-0.15, -0.1) is 0 Å². The molecule has 1 aromatic rings. The summed E-state index contributed by atoms with van der Waals surface area (Å²) >= 11 is 0. The number of methoxy groups -OCH3 is 1. The van der Waals surface area contributed by atoms with Gasteiger partial charge >= 0.3 is 0 Å². The van der Waals surface area contributed by atoms with E-state index in [4.69, 9.17) is 9.84 Å². The molecule has 0 aromatic carbocycles. The Balaban J connectivity index is 2.64. The minimum Gasteiger partial charge on any atom is -0.492 e. The third-order valence-electron chi connectivity index (χ3n) is 2.48. The number of Topliss-reactive ketones (excluding diaryl/α,β-unsaturated/α-hetero) is 1. The molecule has 84 valence electrons. The van der Waals surface area contributed by atoms with Gasteiger partial charge in [-0.25, -0.2) is 4.98 Å². The SMILES string of the molecule is COC1=CC(=O)c2nc(CO)n(C)c2C1=O. The van der Waals surface area contributed by atoms with E-state index < -0.39 is 5.78 Å². The van der Waals surface area contributed by atoms with Gasteiger partial charge in [-0.2, -0.15) is 0 Å². The Bertz CT molecular complexity index is 513. The molecule has 6 heteroatoms. The molecule has 0 saturated carbocycles. The number of allylic oxidation sites excluding steroid dienone is 2. The predicted molar refractivity (Wildman–Crippen MR) is 52.9 cm³/mol. The summed E-state index contributed by atoms with van der Waals surface area (Å²) in [6.45, 7) is -0.327. The molecule has 1 aromatic heterocycles. The molecule has 6 nitrogen and oxygen atoms in total. The lowest BCUT2D eigenvalue weighted by atomic mass is 10.0. The van der Waals surface area contributed by atoms with Crippen molar-refractivity contribution in [2.24, 2.45) is 7.05 Å². The van der Waals surface area contributed by atoms with Crippen LogP contribution in [-0.2, 0) is 18.4 Å². The second kappa shape index (κ2) is 3.57. The average molecular weight is 222 g/mol. The number of fused-ring (bicyclic) bond motifs is 1. The van der Waals surface area contributed by atoms with Crippen molar-refractivity contribution in [1.29, 1.82) is 0 Å². The van der Waals surface area contributed by atoms with Gasteiger partial charge in [0.05, 0.1) is 7.11 Å². The number of aliphatic hydroxyl groups is 1. The molecule has 1 heterocycles. The normalized spacial score (nSPS) is 14.8. The van der Waals surface area contributed by atoms with Gasteiger partial charge in [0.15, 0.2) is 5.76 Å². The zero-order chi connectivity index (χ0) is 11.9. The Morgan fingerprint density at radius 2 is 2.19 bits per heavy atom. The fourth-order valence-corrected chi connectivity index (χ4v) is 1.64. The lowest BCUT2D eigenvalue weighted by Crippen LogP contribution is -2.20. The molecule has 1 aliphatic carbocycles. The van der Waals surface area contributed by atoms with Gasteiger partial charge in [-0.3, -0.25) is 9.59 Å². The van der Waals surface area contributed by atoms with E-state index in [0.717, 1.165) is 6.08 Å².